The van der Waals surface area contributed by atoms with E-state index in [4.69, 9.17) is 14.5 Å². The lowest BCUT2D eigenvalue weighted by Crippen LogP contribution is -2.74. The third kappa shape index (κ3) is 8.16. The molecule has 2 saturated heterocycles. The van der Waals surface area contributed by atoms with Crippen LogP contribution in [0.15, 0.2) is 48.7 Å². The molecule has 14 heteroatoms. The number of carbonyl (C=O) groups excluding carboxylic acids is 5. The second-order valence-corrected chi connectivity index (χ2v) is 19.7. The van der Waals surface area contributed by atoms with E-state index in [2.05, 4.69) is 68.0 Å². The summed E-state index contributed by atoms with van der Waals surface area (Å²) < 4.78 is 12.9. The number of benzene rings is 2. The summed E-state index contributed by atoms with van der Waals surface area (Å²) in [5.74, 6) is 0.400. The van der Waals surface area contributed by atoms with Crippen LogP contribution in [0.25, 0.3) is 0 Å². The summed E-state index contributed by atoms with van der Waals surface area (Å²) in [6.07, 6.45) is 5.49. The number of carbonyl (C=O) groups is 5. The number of aromatic nitrogens is 1. The van der Waals surface area contributed by atoms with Crippen molar-refractivity contribution in [3.8, 4) is 17.6 Å². The van der Waals surface area contributed by atoms with E-state index in [0.717, 1.165) is 72.9 Å². The molecule has 4 heterocycles. The molecule has 3 aromatic rings. The van der Waals surface area contributed by atoms with Gasteiger partial charge in [0.1, 0.15) is 35.6 Å². The second-order valence-electron chi connectivity index (χ2n) is 19.7. The van der Waals surface area contributed by atoms with E-state index in [9.17, 15) is 29.2 Å². The highest BCUT2D eigenvalue weighted by atomic mass is 16.5. The van der Waals surface area contributed by atoms with Crippen LogP contribution in [0.1, 0.15) is 128 Å². The molecule has 332 valence electrons. The Labute approximate surface area is 369 Å². The molecule has 5 amide bonds. The smallest absolute Gasteiger partial charge is 0.262 e. The summed E-state index contributed by atoms with van der Waals surface area (Å²) in [4.78, 5) is 74.7. The Morgan fingerprint density at radius 2 is 1.59 bits per heavy atom. The fourth-order valence-electron chi connectivity index (χ4n) is 11.1. The molecule has 0 radical (unpaired) electrons. The fraction of sp³-hybridized carbons (Fsp3) is 0.531. The second kappa shape index (κ2) is 16.7. The van der Waals surface area contributed by atoms with Crippen LogP contribution in [-0.4, -0.2) is 100 Å². The Kier molecular flexibility index (Phi) is 11.6. The van der Waals surface area contributed by atoms with Crippen molar-refractivity contribution >= 4 is 35.4 Å². The summed E-state index contributed by atoms with van der Waals surface area (Å²) in [7, 11) is 0. The Balaban J connectivity index is 0.797. The van der Waals surface area contributed by atoms with Gasteiger partial charge in [-0.15, -0.1) is 0 Å². The minimum atomic E-state index is -1.00. The van der Waals surface area contributed by atoms with Crippen molar-refractivity contribution in [1.82, 2.24) is 25.4 Å². The molecular weight excluding hydrogens is 799 g/mol. The zero-order valence-corrected chi connectivity index (χ0v) is 37.6. The number of rotatable bonds is 12. The first-order valence-corrected chi connectivity index (χ1v) is 22.3. The number of nitriles is 1. The normalized spacial score (nSPS) is 25.3. The minimum absolute atomic E-state index is 0.0165. The van der Waals surface area contributed by atoms with E-state index in [1.165, 1.54) is 0 Å². The summed E-state index contributed by atoms with van der Waals surface area (Å²) in [5, 5.41) is 15.0. The first-order valence-electron chi connectivity index (χ1n) is 22.3. The van der Waals surface area contributed by atoms with E-state index >= 15 is 0 Å². The maximum Gasteiger partial charge on any atom is 0.262 e. The number of hydrogen-bond donors (Lipinski definition) is 2. The van der Waals surface area contributed by atoms with Gasteiger partial charge in [-0.25, -0.2) is 4.98 Å². The lowest BCUT2D eigenvalue weighted by molar-refractivity contribution is -0.164. The SMILES string of the molecule is Cc1cc(O[C@H]2C(C)(C)[C@H](NC(=O)c3ccc(N4CCC(CN(C(C)C)[C@H]5C[C@H](Oc6ccc7c(c6)C(=O)N(C6CCC(=O)NC6=O)C7=O)C5)CC4)nc3)C2(C)C)cc(C)c1C#N. The largest absolute Gasteiger partial charge is 0.490 e. The van der Waals surface area contributed by atoms with Crippen LogP contribution in [0.2, 0.25) is 0 Å². The molecule has 1 unspecified atom stereocenters. The topological polar surface area (TPSA) is 174 Å². The zero-order valence-electron chi connectivity index (χ0n) is 37.6. The molecule has 5 aliphatic rings. The molecule has 63 heavy (non-hydrogen) atoms. The van der Waals surface area contributed by atoms with Gasteiger partial charge in [-0.3, -0.25) is 39.1 Å². The number of anilines is 1. The van der Waals surface area contributed by atoms with Crippen molar-refractivity contribution in [2.45, 2.75) is 130 Å². The number of fused-ring (bicyclic) bond motifs is 1. The standard InChI is InChI=1S/C49H59N7O7/c1-27(2)55(32-21-35(22-32)62-33-10-11-36-37(23-33)45(61)56(44(36)60)39-12-14-41(57)52-43(39)59)26-30-15-17-54(18-16-30)40-13-9-31(25-51-40)42(58)53-46-48(5,6)47(49(46,7)8)63-34-19-28(3)38(24-50)29(4)20-34/h9-11,13,19-20,23,25,27,30,32,35,39,46-47H,12,14-18,21-22,26H2,1-8H3,(H,53,58)(H,52,57,59)/t32-,35-,39?,46-,47-. The Bertz CT molecular complexity index is 2330. The highest BCUT2D eigenvalue weighted by molar-refractivity contribution is 6.23. The van der Waals surface area contributed by atoms with Gasteiger partial charge < -0.3 is 19.7 Å². The van der Waals surface area contributed by atoms with Crippen molar-refractivity contribution in [3.63, 3.8) is 0 Å². The fourth-order valence-corrected chi connectivity index (χ4v) is 11.1. The number of piperidine rings is 2. The molecule has 0 spiro atoms. The molecule has 8 rings (SSSR count). The predicted molar refractivity (Wildman–Crippen MR) is 235 cm³/mol. The lowest BCUT2D eigenvalue weighted by Gasteiger charge is -2.63. The highest BCUT2D eigenvalue weighted by Gasteiger charge is 2.64. The molecule has 2 N–H and O–H groups in total. The van der Waals surface area contributed by atoms with Gasteiger partial charge >= 0.3 is 0 Å². The maximum absolute atomic E-state index is 13.6. The summed E-state index contributed by atoms with van der Waals surface area (Å²) >= 11 is 0. The van der Waals surface area contributed by atoms with Crippen molar-refractivity contribution in [2.75, 3.05) is 24.5 Å². The number of nitrogens with zero attached hydrogens (tertiary/aromatic N) is 5. The molecular formula is C49H59N7O7. The number of ether oxygens (including phenoxy) is 2. The van der Waals surface area contributed by atoms with Gasteiger partial charge in [0.2, 0.25) is 11.8 Å². The van der Waals surface area contributed by atoms with Gasteiger partial charge in [-0.05, 0) is 106 Å². The highest BCUT2D eigenvalue weighted by Crippen LogP contribution is 2.55. The number of aryl methyl sites for hydroxylation is 2. The van der Waals surface area contributed by atoms with Gasteiger partial charge in [-0.1, -0.05) is 27.7 Å². The van der Waals surface area contributed by atoms with Gasteiger partial charge in [0, 0.05) is 74.0 Å². The van der Waals surface area contributed by atoms with Crippen molar-refractivity contribution < 1.29 is 33.4 Å². The molecule has 1 atom stereocenters. The van der Waals surface area contributed by atoms with Crippen LogP contribution < -0.4 is 25.0 Å². The molecule has 2 saturated carbocycles. The van der Waals surface area contributed by atoms with E-state index < -0.39 is 29.7 Å². The quantitative estimate of drug-likeness (QED) is 0.201. The summed E-state index contributed by atoms with van der Waals surface area (Å²) in [6, 6.07) is 14.4. The molecule has 2 aliphatic carbocycles. The Morgan fingerprint density at radius 3 is 2.19 bits per heavy atom. The van der Waals surface area contributed by atoms with Gasteiger partial charge in [0.15, 0.2) is 0 Å². The van der Waals surface area contributed by atoms with E-state index in [0.29, 0.717) is 34.9 Å². The third-order valence-electron chi connectivity index (χ3n) is 14.3. The molecule has 2 aromatic carbocycles. The summed E-state index contributed by atoms with van der Waals surface area (Å²) in [6.45, 7) is 19.6. The molecule has 4 fully saturated rings. The van der Waals surface area contributed by atoms with Crippen LogP contribution in [0.5, 0.6) is 11.5 Å². The van der Waals surface area contributed by atoms with Crippen molar-refractivity contribution in [2.24, 2.45) is 16.7 Å². The number of nitrogens with one attached hydrogen (secondary N) is 2. The van der Waals surface area contributed by atoms with Crippen LogP contribution in [0.4, 0.5) is 5.82 Å². The first kappa shape index (κ1) is 43.8. The van der Waals surface area contributed by atoms with Crippen LogP contribution in [0.3, 0.4) is 0 Å². The van der Waals surface area contributed by atoms with E-state index in [-0.39, 0.29) is 59.0 Å². The van der Waals surface area contributed by atoms with Crippen molar-refractivity contribution in [3.05, 3.63) is 82.0 Å². The summed E-state index contributed by atoms with van der Waals surface area (Å²) in [5.41, 5.74) is 2.75. The van der Waals surface area contributed by atoms with Gasteiger partial charge in [-0.2, -0.15) is 5.26 Å². The number of hydrogen-bond acceptors (Lipinski definition) is 11. The molecule has 0 bridgehead atoms. The number of amides is 5. The average molecular weight is 858 g/mol. The van der Waals surface area contributed by atoms with Gasteiger partial charge in [0.25, 0.3) is 17.7 Å². The molecule has 1 aromatic heterocycles. The van der Waals surface area contributed by atoms with Crippen LogP contribution in [0, 0.1) is 41.9 Å². The van der Waals surface area contributed by atoms with Crippen LogP contribution in [-0.2, 0) is 9.59 Å². The lowest BCUT2D eigenvalue weighted by atomic mass is 9.49. The van der Waals surface area contributed by atoms with E-state index in [1.54, 1.807) is 24.4 Å². The monoisotopic (exact) mass is 857 g/mol. The van der Waals surface area contributed by atoms with Crippen molar-refractivity contribution in [1.29, 1.82) is 5.26 Å². The Hall–Kier alpha value is -5.81. The third-order valence-corrected chi connectivity index (χ3v) is 14.3. The number of imide groups is 2. The van der Waals surface area contributed by atoms with Crippen LogP contribution >= 0.6 is 0 Å². The zero-order chi connectivity index (χ0) is 45.1. The Morgan fingerprint density at radius 1 is 0.921 bits per heavy atom. The van der Waals surface area contributed by atoms with E-state index in [1.807, 2.05) is 38.1 Å². The van der Waals surface area contributed by atoms with Gasteiger partial charge in [0.05, 0.1) is 28.3 Å². The molecule has 14 nitrogen and oxygen atoms in total. The first-order chi connectivity index (χ1) is 29.9. The maximum atomic E-state index is 13.6. The predicted octanol–water partition coefficient (Wildman–Crippen LogP) is 6.12. The average Bonchev–Trinajstić information content (AvgIpc) is 3.47. The minimum Gasteiger partial charge on any atom is -0.490 e. The number of pyridine rings is 1. The molecule has 3 aliphatic heterocycles.